The number of rotatable bonds is 20. The maximum absolute atomic E-state index is 14.1. The van der Waals surface area contributed by atoms with Gasteiger partial charge in [0.2, 0.25) is 23.6 Å². The normalized spacial score (nSPS) is 16.6. The summed E-state index contributed by atoms with van der Waals surface area (Å²) in [5.41, 5.74) is 9.46. The van der Waals surface area contributed by atoms with E-state index in [-0.39, 0.29) is 82.6 Å². The van der Waals surface area contributed by atoms with Crippen LogP contribution in [-0.2, 0) is 35.1 Å². The highest BCUT2D eigenvalue weighted by molar-refractivity contribution is 7.10. The van der Waals surface area contributed by atoms with Crippen LogP contribution in [0.5, 0.6) is 11.5 Å². The molecule has 2 aromatic heterocycles. The fourth-order valence-electron chi connectivity index (χ4n) is 8.48. The number of pyridine rings is 1. The maximum Gasteiger partial charge on any atom is 0.246 e. The number of methoxy groups -OCH3 is 1. The molecule has 15 nitrogen and oxygen atoms in total. The molecule has 2 aliphatic rings. The van der Waals surface area contributed by atoms with Gasteiger partial charge in [0.1, 0.15) is 18.7 Å². The van der Waals surface area contributed by atoms with Gasteiger partial charge in [-0.25, -0.2) is 9.97 Å². The molecule has 1 saturated heterocycles. The molecule has 1 fully saturated rings. The van der Waals surface area contributed by atoms with Gasteiger partial charge in [0.25, 0.3) is 0 Å². The highest BCUT2D eigenvalue weighted by atomic mass is 32.1. The third-order valence-corrected chi connectivity index (χ3v) is 13.4. The first-order valence-electron chi connectivity index (χ1n) is 23.9. The lowest BCUT2D eigenvalue weighted by atomic mass is 9.85. The number of anilines is 1. The first-order chi connectivity index (χ1) is 34.1. The Kier molecular flexibility index (Phi) is 17.6. The summed E-state index contributed by atoms with van der Waals surface area (Å²) in [4.78, 5) is 65.9. The average Bonchev–Trinajstić information content (AvgIpc) is 3.92. The number of fused-ring (bicyclic) bond motifs is 3. The van der Waals surface area contributed by atoms with Crippen molar-refractivity contribution >= 4 is 46.7 Å². The largest absolute Gasteiger partial charge is 0.493 e. The Bertz CT molecular complexity index is 2750. The molecule has 0 aliphatic carbocycles. The number of amides is 4. The van der Waals surface area contributed by atoms with Crippen molar-refractivity contribution in [1.82, 2.24) is 25.5 Å². The van der Waals surface area contributed by atoms with Crippen molar-refractivity contribution in [3.63, 3.8) is 0 Å². The predicted molar refractivity (Wildman–Crippen MR) is 276 cm³/mol. The molecule has 2 aliphatic heterocycles. The summed E-state index contributed by atoms with van der Waals surface area (Å²) < 4.78 is 23.4. The summed E-state index contributed by atoms with van der Waals surface area (Å²) in [7, 11) is 1.58. The third-order valence-electron chi connectivity index (χ3n) is 12.5. The number of para-hydroxylation sites is 1. The van der Waals surface area contributed by atoms with Crippen LogP contribution in [0, 0.1) is 12.3 Å². The Morgan fingerprint density at radius 2 is 1.66 bits per heavy atom. The van der Waals surface area contributed by atoms with E-state index in [1.165, 1.54) is 4.90 Å². The fourth-order valence-corrected chi connectivity index (χ4v) is 9.18. The number of likely N-dealkylation sites (tertiary alicyclic amines) is 1. The first-order valence-corrected chi connectivity index (χ1v) is 24.8. The van der Waals surface area contributed by atoms with Crippen molar-refractivity contribution < 1.29 is 43.2 Å². The van der Waals surface area contributed by atoms with Gasteiger partial charge >= 0.3 is 0 Å². The molecule has 0 saturated carbocycles. The molecule has 4 N–H and O–H groups in total. The van der Waals surface area contributed by atoms with Gasteiger partial charge in [0.15, 0.2) is 11.5 Å². The number of nitrogens with zero attached hydrogens (tertiary/aromatic N) is 3. The zero-order chi connectivity index (χ0) is 50.7. The molecule has 7 rings (SSSR count). The van der Waals surface area contributed by atoms with Gasteiger partial charge in [0, 0.05) is 41.4 Å². The van der Waals surface area contributed by atoms with Crippen LogP contribution < -0.4 is 25.4 Å². The number of aromatic nitrogens is 2. The molecule has 4 heterocycles. The maximum atomic E-state index is 14.1. The van der Waals surface area contributed by atoms with Gasteiger partial charge in [-0.1, -0.05) is 93.1 Å². The molecule has 16 heteroatoms. The van der Waals surface area contributed by atoms with Gasteiger partial charge in [-0.15, -0.1) is 11.3 Å². The number of hydrogen-bond donors (Lipinski definition) is 4. The van der Waals surface area contributed by atoms with Crippen molar-refractivity contribution in [1.29, 1.82) is 0 Å². The number of aliphatic hydroxyl groups excluding tert-OH is 1. The van der Waals surface area contributed by atoms with Crippen LogP contribution >= 0.6 is 11.3 Å². The molecule has 374 valence electrons. The van der Waals surface area contributed by atoms with Crippen molar-refractivity contribution in [2.45, 2.75) is 85.0 Å². The number of aliphatic hydroxyl groups is 1. The number of carbonyl (C=O) groups is 4. The van der Waals surface area contributed by atoms with Crippen LogP contribution in [0.2, 0.25) is 0 Å². The number of nitrogens with one attached hydrogen (secondary N) is 3. The molecule has 5 aromatic rings. The van der Waals surface area contributed by atoms with E-state index < -0.39 is 29.5 Å². The number of aryl methyl sites for hydroxylation is 1. The second-order valence-corrected chi connectivity index (χ2v) is 19.7. The summed E-state index contributed by atoms with van der Waals surface area (Å²) in [6, 6.07) is 23.2. The minimum absolute atomic E-state index is 0.00348. The average molecular weight is 985 g/mol. The van der Waals surface area contributed by atoms with Crippen LogP contribution in [0.4, 0.5) is 5.69 Å². The Morgan fingerprint density at radius 1 is 0.930 bits per heavy atom. The lowest BCUT2D eigenvalue weighted by molar-refractivity contribution is -0.144. The quantitative estimate of drug-likeness (QED) is 0.0440. The van der Waals surface area contributed by atoms with Crippen molar-refractivity contribution in [3.8, 4) is 45.1 Å². The molecule has 0 radical (unpaired) electrons. The Hall–Kier alpha value is -6.72. The van der Waals surface area contributed by atoms with Crippen LogP contribution in [0.1, 0.15) is 63.6 Å². The number of thiazole rings is 1. The molecule has 71 heavy (non-hydrogen) atoms. The first kappa shape index (κ1) is 52.1. The number of hydrogen-bond acceptors (Lipinski definition) is 12. The van der Waals surface area contributed by atoms with Gasteiger partial charge in [0.05, 0.1) is 74.3 Å². The van der Waals surface area contributed by atoms with Crippen molar-refractivity contribution in [3.05, 3.63) is 118 Å². The van der Waals surface area contributed by atoms with E-state index in [0.717, 1.165) is 55.3 Å². The van der Waals surface area contributed by atoms with Crippen LogP contribution in [0.3, 0.4) is 0 Å². The van der Waals surface area contributed by atoms with E-state index in [4.69, 9.17) is 23.9 Å². The summed E-state index contributed by atoms with van der Waals surface area (Å²) in [6.45, 7) is 12.3. The van der Waals surface area contributed by atoms with Crippen molar-refractivity contribution in [2.75, 3.05) is 52.0 Å². The monoisotopic (exact) mass is 984 g/mol. The lowest BCUT2D eigenvalue weighted by Gasteiger charge is -2.35. The molecule has 0 bridgehead atoms. The summed E-state index contributed by atoms with van der Waals surface area (Å²) in [5, 5.41) is 19.6. The van der Waals surface area contributed by atoms with Crippen molar-refractivity contribution in [2.24, 2.45) is 5.41 Å². The lowest BCUT2D eigenvalue weighted by Crippen LogP contribution is -2.58. The second kappa shape index (κ2) is 23.9. The van der Waals surface area contributed by atoms with E-state index in [1.54, 1.807) is 24.0 Å². The summed E-state index contributed by atoms with van der Waals surface area (Å²) in [5.74, 6) is -0.270. The van der Waals surface area contributed by atoms with Gasteiger partial charge in [-0.3, -0.25) is 19.2 Å². The Morgan fingerprint density at radius 3 is 2.39 bits per heavy atom. The predicted octanol–water partition coefficient (Wildman–Crippen LogP) is 7.81. The van der Waals surface area contributed by atoms with Crippen LogP contribution in [0.25, 0.3) is 39.7 Å². The Labute approximate surface area is 419 Å². The van der Waals surface area contributed by atoms with E-state index in [9.17, 15) is 24.3 Å². The minimum atomic E-state index is -0.956. The molecular formula is C55H64N6O9S. The third kappa shape index (κ3) is 13.4. The highest BCUT2D eigenvalue weighted by Crippen LogP contribution is 2.42. The summed E-state index contributed by atoms with van der Waals surface area (Å²) in [6.07, 6.45) is 5.16. The number of β-amino-alcohol motifs (C(OH)–C–C–N with tert-alkyl or cyclic N) is 1. The van der Waals surface area contributed by atoms with E-state index in [2.05, 4.69) is 20.9 Å². The van der Waals surface area contributed by atoms with Crippen LogP contribution in [0.15, 0.2) is 102 Å². The highest BCUT2D eigenvalue weighted by Gasteiger charge is 2.44. The topological polar surface area (TPSA) is 191 Å². The molecule has 3 aromatic carbocycles. The zero-order valence-electron chi connectivity index (χ0n) is 41.5. The SMILES string of the molecule is COc1ccc(-c2cc(-c3ccccc3)nc3c2CC(=O)Nc2ccccc2-3)cc1OCCOCCOCCC(=O)N[C@H](C(=O)N1C[C@H](O)C[C@H]1C(=O)N[C@@H](C)/C(C)=C/C=C/c1scnc1C)C(C)(C)C. The minimum Gasteiger partial charge on any atom is -0.493 e. The number of ether oxygens (including phenoxy) is 4. The number of benzene rings is 3. The van der Waals surface area contributed by atoms with E-state index in [1.807, 2.05) is 139 Å². The number of allylic oxidation sites excluding steroid dienone is 2. The molecule has 4 atom stereocenters. The van der Waals surface area contributed by atoms with Gasteiger partial charge < -0.3 is 44.9 Å². The molecule has 4 amide bonds. The van der Waals surface area contributed by atoms with Gasteiger partial charge in [-0.05, 0) is 73.2 Å². The van der Waals surface area contributed by atoms with E-state index >= 15 is 0 Å². The zero-order valence-corrected chi connectivity index (χ0v) is 42.3. The fraction of sp³-hybridized carbons (Fsp3) is 0.382. The molecule has 0 spiro atoms. The van der Waals surface area contributed by atoms with Gasteiger partial charge in [-0.2, -0.15) is 0 Å². The number of carbonyl (C=O) groups excluding carboxylic acids is 4. The van der Waals surface area contributed by atoms with Crippen LogP contribution in [-0.4, -0.2) is 115 Å². The smallest absolute Gasteiger partial charge is 0.246 e. The van der Waals surface area contributed by atoms with E-state index in [0.29, 0.717) is 17.2 Å². The molecular weight excluding hydrogens is 921 g/mol. The second-order valence-electron chi connectivity index (χ2n) is 18.8. The molecule has 0 unspecified atom stereocenters. The summed E-state index contributed by atoms with van der Waals surface area (Å²) >= 11 is 1.55. The standard InChI is InChI=1S/C55H64N6O9S/c1-34(14-13-19-48-36(3)56-33-71-48)35(2)57-53(65)45-29-39(62)32-61(45)54(66)52(55(4,5)6)60-49(63)22-23-68-24-25-69-26-27-70-47-28-38(20-21-46(47)67-7)41-30-44(37-15-9-8-10-16-37)59-51-40-17-11-12-18-43(40)58-50(64)31-42(41)51/h8-21,28,30,33,35,39,45,52,62H,22-27,29,31-32H2,1-7H3,(H,57,65)(H,58,64)(H,60,63)/b19-13+,34-14+/t35-,39+,45-,52+/m0/s1. The Balaban J connectivity index is 0.886.